The number of furan rings is 1. The second-order valence-corrected chi connectivity index (χ2v) is 6.22. The predicted molar refractivity (Wildman–Crippen MR) is 103 cm³/mol. The summed E-state index contributed by atoms with van der Waals surface area (Å²) in [5, 5.41) is 0.943. The molecule has 0 bridgehead atoms. The van der Waals surface area contributed by atoms with E-state index in [1.165, 1.54) is 0 Å². The molecule has 1 amide bonds. The zero-order valence-electron chi connectivity index (χ0n) is 15.0. The van der Waals surface area contributed by atoms with Crippen molar-refractivity contribution in [2.24, 2.45) is 0 Å². The molecule has 0 aliphatic carbocycles. The SMILES string of the molecule is COc1cccc2cc(C=CC(=O)N3CCN(c4ncccn4)CC3)oc12. The molecule has 0 spiro atoms. The molecule has 0 N–H and O–H groups in total. The topological polar surface area (TPSA) is 71.7 Å². The Morgan fingerprint density at radius 3 is 2.67 bits per heavy atom. The van der Waals surface area contributed by atoms with Gasteiger partial charge in [-0.25, -0.2) is 9.97 Å². The first-order chi connectivity index (χ1) is 13.2. The fourth-order valence-corrected chi connectivity index (χ4v) is 3.14. The van der Waals surface area contributed by atoms with Crippen molar-refractivity contribution in [1.82, 2.24) is 14.9 Å². The fraction of sp³-hybridized carbons (Fsp3) is 0.250. The Kier molecular flexibility index (Phi) is 4.74. The van der Waals surface area contributed by atoms with Crippen molar-refractivity contribution in [3.05, 3.63) is 54.6 Å². The van der Waals surface area contributed by atoms with Crippen LogP contribution in [0, 0.1) is 0 Å². The number of nitrogens with zero attached hydrogens (tertiary/aromatic N) is 4. The lowest BCUT2D eigenvalue weighted by Crippen LogP contribution is -2.48. The molecule has 2 aromatic heterocycles. The Morgan fingerprint density at radius 1 is 1.15 bits per heavy atom. The maximum absolute atomic E-state index is 12.5. The summed E-state index contributed by atoms with van der Waals surface area (Å²) in [6.07, 6.45) is 6.71. The maximum atomic E-state index is 12.5. The van der Waals surface area contributed by atoms with Gasteiger partial charge in [0.05, 0.1) is 7.11 Å². The van der Waals surface area contributed by atoms with Gasteiger partial charge in [0.1, 0.15) is 5.76 Å². The van der Waals surface area contributed by atoms with Gasteiger partial charge in [-0.3, -0.25) is 4.79 Å². The Labute approximate surface area is 156 Å². The van der Waals surface area contributed by atoms with E-state index in [0.29, 0.717) is 49.2 Å². The van der Waals surface area contributed by atoms with Gasteiger partial charge < -0.3 is 19.0 Å². The number of anilines is 1. The summed E-state index contributed by atoms with van der Waals surface area (Å²) in [5.74, 6) is 1.98. The zero-order chi connectivity index (χ0) is 18.6. The predicted octanol–water partition coefficient (Wildman–Crippen LogP) is 2.59. The third-order valence-electron chi connectivity index (χ3n) is 4.56. The van der Waals surface area contributed by atoms with E-state index in [2.05, 4.69) is 14.9 Å². The average Bonchev–Trinajstić information content (AvgIpc) is 3.16. The normalized spacial score (nSPS) is 14.9. The molecule has 0 saturated carbocycles. The second-order valence-electron chi connectivity index (χ2n) is 6.22. The number of rotatable bonds is 4. The van der Waals surface area contributed by atoms with Crippen LogP contribution in [0.15, 0.2) is 53.2 Å². The number of fused-ring (bicyclic) bond motifs is 1. The Balaban J connectivity index is 1.40. The smallest absolute Gasteiger partial charge is 0.246 e. The highest BCUT2D eigenvalue weighted by molar-refractivity contribution is 5.93. The lowest BCUT2D eigenvalue weighted by atomic mass is 10.2. The van der Waals surface area contributed by atoms with Crippen LogP contribution in [-0.2, 0) is 4.79 Å². The van der Waals surface area contributed by atoms with Gasteiger partial charge in [0.25, 0.3) is 0 Å². The van der Waals surface area contributed by atoms with E-state index in [1.807, 2.05) is 29.2 Å². The summed E-state index contributed by atoms with van der Waals surface area (Å²) in [5.41, 5.74) is 0.684. The molecule has 1 fully saturated rings. The number of hydrogen-bond acceptors (Lipinski definition) is 6. The van der Waals surface area contributed by atoms with Crippen molar-refractivity contribution in [1.29, 1.82) is 0 Å². The van der Waals surface area contributed by atoms with E-state index in [9.17, 15) is 4.79 Å². The number of carbonyl (C=O) groups is 1. The van der Waals surface area contributed by atoms with Crippen molar-refractivity contribution < 1.29 is 13.9 Å². The third-order valence-corrected chi connectivity index (χ3v) is 4.56. The summed E-state index contributed by atoms with van der Waals surface area (Å²) < 4.78 is 11.1. The molecule has 1 aliphatic rings. The Hall–Kier alpha value is -3.35. The minimum Gasteiger partial charge on any atom is -0.493 e. The van der Waals surface area contributed by atoms with Gasteiger partial charge >= 0.3 is 0 Å². The average molecular weight is 364 g/mol. The van der Waals surface area contributed by atoms with Crippen LogP contribution in [0.5, 0.6) is 5.75 Å². The van der Waals surface area contributed by atoms with E-state index in [-0.39, 0.29) is 5.91 Å². The van der Waals surface area contributed by atoms with Crippen LogP contribution in [-0.4, -0.2) is 54.1 Å². The summed E-state index contributed by atoms with van der Waals surface area (Å²) in [6.45, 7) is 2.70. The molecule has 1 aliphatic heterocycles. The van der Waals surface area contributed by atoms with Gasteiger partial charge in [-0.1, -0.05) is 12.1 Å². The number of amides is 1. The first-order valence-corrected chi connectivity index (χ1v) is 8.80. The molecule has 4 rings (SSSR count). The lowest BCUT2D eigenvalue weighted by Gasteiger charge is -2.34. The van der Waals surface area contributed by atoms with Crippen molar-refractivity contribution in [3.8, 4) is 5.75 Å². The second kappa shape index (κ2) is 7.49. The van der Waals surface area contributed by atoms with E-state index in [4.69, 9.17) is 9.15 Å². The molecule has 0 unspecified atom stereocenters. The summed E-state index contributed by atoms with van der Waals surface area (Å²) in [7, 11) is 1.61. The number of methoxy groups -OCH3 is 1. The maximum Gasteiger partial charge on any atom is 0.246 e. The number of benzene rings is 1. The summed E-state index contributed by atoms with van der Waals surface area (Å²) in [4.78, 5) is 24.9. The molecule has 3 aromatic rings. The number of ether oxygens (including phenoxy) is 1. The molecule has 1 saturated heterocycles. The summed E-state index contributed by atoms with van der Waals surface area (Å²) in [6, 6.07) is 9.39. The van der Waals surface area contributed by atoms with Crippen LogP contribution in [0.4, 0.5) is 5.95 Å². The van der Waals surface area contributed by atoms with Crippen LogP contribution in [0.25, 0.3) is 17.0 Å². The molecule has 7 heteroatoms. The Bertz CT molecular complexity index is 960. The monoisotopic (exact) mass is 364 g/mol. The van der Waals surface area contributed by atoms with Crippen molar-refractivity contribution in [3.63, 3.8) is 0 Å². The van der Waals surface area contributed by atoms with E-state index >= 15 is 0 Å². The first-order valence-electron chi connectivity index (χ1n) is 8.80. The number of aromatic nitrogens is 2. The number of para-hydroxylation sites is 1. The van der Waals surface area contributed by atoms with Gasteiger partial charge in [0, 0.05) is 50.0 Å². The van der Waals surface area contributed by atoms with Gasteiger partial charge in [-0.05, 0) is 24.3 Å². The highest BCUT2D eigenvalue weighted by Gasteiger charge is 2.21. The molecule has 1 aromatic carbocycles. The molecule has 27 heavy (non-hydrogen) atoms. The van der Waals surface area contributed by atoms with Crippen LogP contribution in [0.2, 0.25) is 0 Å². The number of carbonyl (C=O) groups excluding carboxylic acids is 1. The highest BCUT2D eigenvalue weighted by Crippen LogP contribution is 2.28. The molecular weight excluding hydrogens is 344 g/mol. The van der Waals surface area contributed by atoms with Crippen LogP contribution in [0.1, 0.15) is 5.76 Å². The number of hydrogen-bond donors (Lipinski definition) is 0. The van der Waals surface area contributed by atoms with E-state index in [1.54, 1.807) is 37.7 Å². The van der Waals surface area contributed by atoms with E-state index < -0.39 is 0 Å². The molecular formula is C20H20N4O3. The quantitative estimate of drug-likeness (QED) is 0.663. The van der Waals surface area contributed by atoms with Crippen LogP contribution in [0.3, 0.4) is 0 Å². The van der Waals surface area contributed by atoms with Gasteiger partial charge in [0.15, 0.2) is 11.3 Å². The number of piperazine rings is 1. The minimum atomic E-state index is -0.0314. The molecule has 3 heterocycles. The van der Waals surface area contributed by atoms with E-state index in [0.717, 1.165) is 5.39 Å². The lowest BCUT2D eigenvalue weighted by molar-refractivity contribution is -0.126. The summed E-state index contributed by atoms with van der Waals surface area (Å²) >= 11 is 0. The molecule has 138 valence electrons. The first kappa shape index (κ1) is 17.1. The zero-order valence-corrected chi connectivity index (χ0v) is 15.0. The minimum absolute atomic E-state index is 0.0314. The largest absolute Gasteiger partial charge is 0.493 e. The highest BCUT2D eigenvalue weighted by atomic mass is 16.5. The van der Waals surface area contributed by atoms with Gasteiger partial charge in [-0.2, -0.15) is 0 Å². The van der Waals surface area contributed by atoms with Crippen molar-refractivity contribution in [2.75, 3.05) is 38.2 Å². The standard InChI is InChI=1S/C20H20N4O3/c1-26-17-5-2-4-15-14-16(27-19(15)17)6-7-18(25)23-10-12-24(13-11-23)20-21-8-3-9-22-20/h2-9,14H,10-13H2,1H3. The van der Waals surface area contributed by atoms with Crippen LogP contribution < -0.4 is 9.64 Å². The fourth-order valence-electron chi connectivity index (χ4n) is 3.14. The van der Waals surface area contributed by atoms with Gasteiger partial charge in [0.2, 0.25) is 11.9 Å². The molecule has 7 nitrogen and oxygen atoms in total. The Morgan fingerprint density at radius 2 is 1.93 bits per heavy atom. The molecule has 0 radical (unpaired) electrons. The third kappa shape index (κ3) is 3.62. The van der Waals surface area contributed by atoms with Crippen molar-refractivity contribution in [2.45, 2.75) is 0 Å². The van der Waals surface area contributed by atoms with Gasteiger partial charge in [-0.15, -0.1) is 0 Å². The van der Waals surface area contributed by atoms with Crippen LogP contribution >= 0.6 is 0 Å². The van der Waals surface area contributed by atoms with Crippen molar-refractivity contribution >= 4 is 28.9 Å². The molecule has 0 atom stereocenters.